The first-order chi connectivity index (χ1) is 11.2. The molecule has 23 heavy (non-hydrogen) atoms. The number of halogens is 3. The van der Waals surface area contributed by atoms with Crippen LogP contribution in [0, 0.1) is 10.7 Å². The highest BCUT2D eigenvalue weighted by Crippen LogP contribution is 2.57. The van der Waals surface area contributed by atoms with Crippen molar-refractivity contribution in [1.82, 2.24) is 0 Å². The van der Waals surface area contributed by atoms with Crippen molar-refractivity contribution in [3.05, 3.63) is 98.7 Å². The van der Waals surface area contributed by atoms with Gasteiger partial charge in [-0.1, -0.05) is 48.5 Å². The molecule has 0 radical (unpaired) electrons. The Morgan fingerprint density at radius 3 is 1.57 bits per heavy atom. The average molecular weight is 632 g/mol. The summed E-state index contributed by atoms with van der Waals surface area (Å²) in [5.74, 6) is 0.779. The van der Waals surface area contributed by atoms with Crippen LogP contribution in [0.5, 0.6) is 0 Å². The summed E-state index contributed by atoms with van der Waals surface area (Å²) in [6.45, 7) is 0. The molecule has 0 nitrogen and oxygen atoms in total. The maximum Gasteiger partial charge on any atom is 0.0400 e. The zero-order valence-corrected chi connectivity index (χ0v) is 18.5. The van der Waals surface area contributed by atoms with E-state index in [0.717, 1.165) is 0 Å². The van der Waals surface area contributed by atoms with E-state index < -0.39 is 0 Å². The fraction of sp³-hybridized carbons (Fsp3) is 0.100. The number of rotatable bonds is 0. The zero-order chi connectivity index (χ0) is 15.7. The largest absolute Gasteiger partial charge is 0.0619 e. The van der Waals surface area contributed by atoms with Crippen LogP contribution in [0.25, 0.3) is 0 Å². The van der Waals surface area contributed by atoms with Crippen LogP contribution in [0.1, 0.15) is 45.2 Å². The molecule has 0 N–H and O–H groups in total. The predicted octanol–water partition coefficient (Wildman–Crippen LogP) is 6.49. The second-order valence-electron chi connectivity index (χ2n) is 6.11. The molecule has 0 heterocycles. The molecule has 0 saturated heterocycles. The SMILES string of the molecule is Ic1cc2c(c(I)c1I)C1c3ccccc3C2c2ccccc21. The van der Waals surface area contributed by atoms with Crippen molar-refractivity contribution >= 4 is 67.8 Å². The van der Waals surface area contributed by atoms with Gasteiger partial charge in [-0.2, -0.15) is 0 Å². The van der Waals surface area contributed by atoms with Gasteiger partial charge in [-0.05, 0) is 107 Å². The van der Waals surface area contributed by atoms with E-state index in [2.05, 4.69) is 122 Å². The average Bonchev–Trinajstić information content (AvgIpc) is 2.59. The van der Waals surface area contributed by atoms with Crippen LogP contribution in [0.4, 0.5) is 0 Å². The smallest absolute Gasteiger partial charge is 0.0400 e. The summed E-state index contributed by atoms with van der Waals surface area (Å²) in [5, 5.41) is 0. The quantitative estimate of drug-likeness (QED) is 0.136. The molecule has 6 rings (SSSR count). The van der Waals surface area contributed by atoms with E-state index >= 15 is 0 Å². The summed E-state index contributed by atoms with van der Waals surface area (Å²) in [6, 6.07) is 20.5. The summed E-state index contributed by atoms with van der Waals surface area (Å²) in [5.41, 5.74) is 9.05. The minimum absolute atomic E-state index is 0.389. The Labute approximate surface area is 176 Å². The van der Waals surface area contributed by atoms with E-state index in [1.807, 2.05) is 0 Å². The first-order valence-corrected chi connectivity index (χ1v) is 10.8. The Bertz CT molecular complexity index is 927. The minimum Gasteiger partial charge on any atom is -0.0619 e. The van der Waals surface area contributed by atoms with E-state index in [1.165, 1.54) is 44.1 Å². The fourth-order valence-electron chi connectivity index (χ4n) is 4.21. The van der Waals surface area contributed by atoms with E-state index in [-0.39, 0.29) is 0 Å². The highest BCUT2D eigenvalue weighted by molar-refractivity contribution is 14.1. The topological polar surface area (TPSA) is 0 Å². The van der Waals surface area contributed by atoms with Gasteiger partial charge >= 0.3 is 0 Å². The van der Waals surface area contributed by atoms with Crippen LogP contribution in [0.3, 0.4) is 0 Å². The number of benzene rings is 3. The van der Waals surface area contributed by atoms with Crippen LogP contribution in [-0.2, 0) is 0 Å². The second-order valence-corrected chi connectivity index (χ2v) is 9.43. The molecule has 2 bridgehead atoms. The summed E-state index contributed by atoms with van der Waals surface area (Å²) in [7, 11) is 0. The standard InChI is InChI=1S/C20H11I3/c21-15-9-14-16-10-5-1-3-7-12(10)17(18(14)20(23)19(15)22)13-8-4-2-6-11(13)16/h1-9,16-17H. The first-order valence-electron chi connectivity index (χ1n) is 7.53. The molecule has 0 spiro atoms. The zero-order valence-electron chi connectivity index (χ0n) is 12.0. The predicted molar refractivity (Wildman–Crippen MR) is 119 cm³/mol. The molecule has 0 fully saturated rings. The molecule has 0 saturated carbocycles. The second kappa shape index (κ2) is 5.42. The van der Waals surface area contributed by atoms with E-state index in [4.69, 9.17) is 0 Å². The third kappa shape index (κ3) is 1.99. The Morgan fingerprint density at radius 1 is 0.565 bits per heavy atom. The summed E-state index contributed by atoms with van der Waals surface area (Å²) >= 11 is 7.54. The monoisotopic (exact) mass is 632 g/mol. The summed E-state index contributed by atoms with van der Waals surface area (Å²) < 4.78 is 4.20. The van der Waals surface area contributed by atoms with Crippen LogP contribution < -0.4 is 0 Å². The van der Waals surface area contributed by atoms with Crippen LogP contribution >= 0.6 is 67.8 Å². The molecule has 3 aromatic carbocycles. The fourth-order valence-corrected chi connectivity index (χ4v) is 6.69. The summed E-state index contributed by atoms with van der Waals surface area (Å²) in [4.78, 5) is 0. The Morgan fingerprint density at radius 2 is 1.04 bits per heavy atom. The molecule has 3 aliphatic carbocycles. The van der Waals surface area contributed by atoms with Gasteiger partial charge in [0.15, 0.2) is 0 Å². The molecule has 3 aromatic rings. The van der Waals surface area contributed by atoms with Gasteiger partial charge in [-0.3, -0.25) is 0 Å². The van der Waals surface area contributed by atoms with Gasteiger partial charge in [-0.15, -0.1) is 0 Å². The molecular weight excluding hydrogens is 621 g/mol. The lowest BCUT2D eigenvalue weighted by Gasteiger charge is -2.43. The van der Waals surface area contributed by atoms with Crippen LogP contribution in [-0.4, -0.2) is 0 Å². The minimum atomic E-state index is 0.389. The van der Waals surface area contributed by atoms with Crippen molar-refractivity contribution in [2.75, 3.05) is 0 Å². The molecule has 0 aliphatic heterocycles. The summed E-state index contributed by atoms with van der Waals surface area (Å²) in [6.07, 6.45) is 0. The van der Waals surface area contributed by atoms with E-state index in [1.54, 1.807) is 0 Å². The lowest BCUT2D eigenvalue weighted by Crippen LogP contribution is -2.28. The molecule has 0 aromatic heterocycles. The third-order valence-electron chi connectivity index (χ3n) is 5.07. The highest BCUT2D eigenvalue weighted by atomic mass is 127. The van der Waals surface area contributed by atoms with Crippen molar-refractivity contribution in [3.8, 4) is 0 Å². The van der Waals surface area contributed by atoms with Gasteiger partial charge in [0.25, 0.3) is 0 Å². The van der Waals surface area contributed by atoms with Gasteiger partial charge in [0.05, 0.1) is 0 Å². The van der Waals surface area contributed by atoms with E-state index in [9.17, 15) is 0 Å². The molecular formula is C20H11I3. The van der Waals surface area contributed by atoms with Crippen molar-refractivity contribution in [2.24, 2.45) is 0 Å². The molecule has 3 aliphatic rings. The molecule has 112 valence electrons. The third-order valence-corrected chi connectivity index (χ3v) is 10.2. The molecule has 0 atom stereocenters. The van der Waals surface area contributed by atoms with Gasteiger partial charge < -0.3 is 0 Å². The molecule has 0 unspecified atom stereocenters. The Hall–Kier alpha value is -0.150. The maximum atomic E-state index is 2.56. The maximum absolute atomic E-state index is 2.56. The lowest BCUT2D eigenvalue weighted by molar-refractivity contribution is 0.748. The van der Waals surface area contributed by atoms with Gasteiger partial charge in [0, 0.05) is 22.5 Å². The number of hydrogen-bond acceptors (Lipinski definition) is 0. The Balaban J connectivity index is 1.94. The van der Waals surface area contributed by atoms with Gasteiger partial charge in [0.2, 0.25) is 0 Å². The first kappa shape index (κ1) is 15.1. The normalized spacial score (nSPS) is 20.0. The van der Waals surface area contributed by atoms with Gasteiger partial charge in [0.1, 0.15) is 0 Å². The number of hydrogen-bond donors (Lipinski definition) is 0. The Kier molecular flexibility index (Phi) is 3.57. The van der Waals surface area contributed by atoms with Crippen LogP contribution in [0.15, 0.2) is 54.6 Å². The van der Waals surface area contributed by atoms with Crippen LogP contribution in [0.2, 0.25) is 0 Å². The van der Waals surface area contributed by atoms with Gasteiger partial charge in [-0.25, -0.2) is 0 Å². The van der Waals surface area contributed by atoms with Crippen molar-refractivity contribution in [2.45, 2.75) is 11.8 Å². The van der Waals surface area contributed by atoms with E-state index in [0.29, 0.717) is 11.8 Å². The molecule has 3 heteroatoms. The van der Waals surface area contributed by atoms with Crippen molar-refractivity contribution in [1.29, 1.82) is 0 Å². The molecule has 0 amide bonds. The lowest BCUT2D eigenvalue weighted by atomic mass is 9.61. The van der Waals surface area contributed by atoms with Crippen molar-refractivity contribution in [3.63, 3.8) is 0 Å². The van der Waals surface area contributed by atoms with Crippen molar-refractivity contribution < 1.29 is 0 Å². The highest BCUT2D eigenvalue weighted by Gasteiger charge is 2.42.